The van der Waals surface area contributed by atoms with E-state index in [0.717, 1.165) is 23.0 Å². The minimum absolute atomic E-state index is 0.263. The summed E-state index contributed by atoms with van der Waals surface area (Å²) in [6.45, 7) is 5.46. The maximum absolute atomic E-state index is 13.3. The van der Waals surface area contributed by atoms with Gasteiger partial charge in [-0.3, -0.25) is 0 Å². The van der Waals surface area contributed by atoms with Crippen LogP contribution in [0.5, 0.6) is 11.5 Å². The first-order valence-electron chi connectivity index (χ1n) is 10.0. The van der Waals surface area contributed by atoms with Crippen molar-refractivity contribution in [2.45, 2.75) is 32.6 Å². The largest absolute Gasteiger partial charge is 0.490 e. The Bertz CT molecular complexity index is 1040. The molecular weight excluding hydrogens is 393 g/mol. The fourth-order valence-electron chi connectivity index (χ4n) is 3.96. The van der Waals surface area contributed by atoms with E-state index < -0.39 is 11.7 Å². The molecule has 2 N–H and O–H groups in total. The maximum atomic E-state index is 13.3. The molecule has 4 rings (SSSR count). The molecule has 4 nitrogen and oxygen atoms in total. The second-order valence-corrected chi connectivity index (χ2v) is 7.14. The number of fused-ring (bicyclic) bond motifs is 3. The Labute approximate surface area is 173 Å². The number of hydrogen-bond donors (Lipinski definition) is 1. The van der Waals surface area contributed by atoms with Crippen molar-refractivity contribution in [2.75, 3.05) is 13.2 Å². The van der Waals surface area contributed by atoms with Crippen LogP contribution in [0.25, 0.3) is 5.69 Å². The summed E-state index contributed by atoms with van der Waals surface area (Å²) in [5.41, 5.74) is 2.89. The highest BCUT2D eigenvalue weighted by molar-refractivity contribution is 5.56. The Balaban J connectivity index is 1.80. The second kappa shape index (κ2) is 8.07. The Morgan fingerprint density at radius 3 is 2.43 bits per heavy atom. The first-order valence-corrected chi connectivity index (χ1v) is 10.0. The van der Waals surface area contributed by atoms with Crippen molar-refractivity contribution < 1.29 is 28.0 Å². The lowest BCUT2D eigenvalue weighted by molar-refractivity contribution is -0.702. The number of nitrogens with zero attached hydrogens (tertiary/aromatic N) is 1. The molecule has 1 aliphatic heterocycles. The van der Waals surface area contributed by atoms with E-state index in [1.807, 2.05) is 48.9 Å². The monoisotopic (exact) mass is 417 g/mol. The van der Waals surface area contributed by atoms with Crippen molar-refractivity contribution in [2.24, 2.45) is 0 Å². The van der Waals surface area contributed by atoms with Gasteiger partial charge in [-0.25, -0.2) is 0 Å². The van der Waals surface area contributed by atoms with Gasteiger partial charge in [0.1, 0.15) is 6.54 Å². The minimum Gasteiger partial charge on any atom is -0.490 e. The highest BCUT2D eigenvalue weighted by Crippen LogP contribution is 2.37. The molecule has 0 saturated carbocycles. The Kier molecular flexibility index (Phi) is 5.47. The maximum Gasteiger partial charge on any atom is 0.416 e. The van der Waals surface area contributed by atoms with E-state index in [4.69, 9.17) is 9.47 Å². The molecule has 158 valence electrons. The van der Waals surface area contributed by atoms with E-state index in [2.05, 4.69) is 5.32 Å². The van der Waals surface area contributed by atoms with Crippen LogP contribution in [0, 0.1) is 0 Å². The van der Waals surface area contributed by atoms with Crippen LogP contribution >= 0.6 is 0 Å². The normalized spacial score (nSPS) is 15.8. The molecule has 7 heteroatoms. The van der Waals surface area contributed by atoms with Crippen molar-refractivity contribution >= 4 is 0 Å². The lowest BCUT2D eigenvalue weighted by Gasteiger charge is -2.17. The van der Waals surface area contributed by atoms with Crippen LogP contribution < -0.4 is 14.8 Å². The molecule has 2 aromatic carbocycles. The summed E-state index contributed by atoms with van der Waals surface area (Å²) in [5.74, 6) is 1.34. The van der Waals surface area contributed by atoms with E-state index in [1.54, 1.807) is 6.07 Å². The van der Waals surface area contributed by atoms with Gasteiger partial charge in [0, 0.05) is 23.4 Å². The number of benzene rings is 2. The predicted octanol–water partition coefficient (Wildman–Crippen LogP) is 4.46. The van der Waals surface area contributed by atoms with Crippen molar-refractivity contribution in [3.05, 3.63) is 77.1 Å². The molecule has 0 amide bonds. The summed E-state index contributed by atoms with van der Waals surface area (Å²) in [7, 11) is 0. The minimum atomic E-state index is -4.37. The molecule has 1 atom stereocenters. The van der Waals surface area contributed by atoms with E-state index in [0.29, 0.717) is 36.8 Å². The first kappa shape index (κ1) is 20.3. The lowest BCUT2D eigenvalue weighted by Crippen LogP contribution is -2.83. The Morgan fingerprint density at radius 2 is 1.73 bits per heavy atom. The molecule has 0 spiro atoms. The number of halogens is 3. The van der Waals surface area contributed by atoms with Crippen LogP contribution in [0.3, 0.4) is 0 Å². The zero-order valence-electron chi connectivity index (χ0n) is 16.9. The van der Waals surface area contributed by atoms with Gasteiger partial charge in [0.05, 0.1) is 30.2 Å². The van der Waals surface area contributed by atoms with Gasteiger partial charge in [0.2, 0.25) is 0 Å². The standard InChI is InChI=1S/C23H23F3N2O2/c1-3-29-20-12-16-14-27-22(15-7-5-8-17(11-15)23(24,25)26)18-9-6-10-28(18)19(16)13-21(20)30-4-2/h5-13,22,27H,3-4,14H2,1-2H3/p+1/t22-/m0/s1. The van der Waals surface area contributed by atoms with Gasteiger partial charge in [-0.05, 0) is 44.2 Å². The van der Waals surface area contributed by atoms with Gasteiger partial charge < -0.3 is 19.4 Å². The van der Waals surface area contributed by atoms with Crippen LogP contribution in [0.1, 0.15) is 42.3 Å². The number of nitrogens with two attached hydrogens (primary N) is 1. The molecule has 0 bridgehead atoms. The van der Waals surface area contributed by atoms with Gasteiger partial charge in [-0.1, -0.05) is 12.1 Å². The Hall–Kier alpha value is -2.93. The predicted molar refractivity (Wildman–Crippen MR) is 107 cm³/mol. The van der Waals surface area contributed by atoms with E-state index in [9.17, 15) is 13.2 Å². The number of aromatic nitrogens is 1. The molecule has 0 unspecified atom stereocenters. The van der Waals surface area contributed by atoms with E-state index >= 15 is 0 Å². The van der Waals surface area contributed by atoms with E-state index in [1.165, 1.54) is 12.1 Å². The van der Waals surface area contributed by atoms with Gasteiger partial charge in [-0.15, -0.1) is 0 Å². The molecule has 0 fully saturated rings. The lowest BCUT2D eigenvalue weighted by atomic mass is 10.0. The molecule has 0 radical (unpaired) electrons. The van der Waals surface area contributed by atoms with Gasteiger partial charge in [0.15, 0.2) is 17.5 Å². The van der Waals surface area contributed by atoms with Crippen LogP contribution in [0.15, 0.2) is 54.7 Å². The molecule has 3 aromatic rings. The zero-order chi connectivity index (χ0) is 21.3. The SMILES string of the molecule is CCOc1cc2c(cc1OCC)-n1cccc1[C@H](c1cccc(C(F)(F)F)c1)[NH2+]C2. The second-order valence-electron chi connectivity index (χ2n) is 7.14. The van der Waals surface area contributed by atoms with E-state index in [-0.39, 0.29) is 6.04 Å². The summed E-state index contributed by atoms with van der Waals surface area (Å²) >= 11 is 0. The fourth-order valence-corrected chi connectivity index (χ4v) is 3.96. The van der Waals surface area contributed by atoms with Crippen LogP contribution in [-0.4, -0.2) is 17.8 Å². The average molecular weight is 417 g/mol. The molecule has 2 heterocycles. The molecule has 0 aliphatic carbocycles. The fraction of sp³-hybridized carbons (Fsp3) is 0.304. The highest BCUT2D eigenvalue weighted by atomic mass is 19.4. The molecule has 0 saturated heterocycles. The molecule has 1 aromatic heterocycles. The summed E-state index contributed by atoms with van der Waals surface area (Å²) in [6, 6.07) is 13.1. The highest BCUT2D eigenvalue weighted by Gasteiger charge is 2.33. The average Bonchev–Trinajstić information content (AvgIpc) is 3.13. The number of rotatable bonds is 5. The Morgan fingerprint density at radius 1 is 1.00 bits per heavy atom. The number of alkyl halides is 3. The van der Waals surface area contributed by atoms with Gasteiger partial charge in [-0.2, -0.15) is 13.2 Å². The number of quaternary nitrogens is 1. The van der Waals surface area contributed by atoms with Crippen molar-refractivity contribution in [3.63, 3.8) is 0 Å². The van der Waals surface area contributed by atoms with Crippen molar-refractivity contribution in [1.29, 1.82) is 0 Å². The smallest absolute Gasteiger partial charge is 0.416 e. The summed E-state index contributed by atoms with van der Waals surface area (Å²) in [4.78, 5) is 0. The third-order valence-corrected chi connectivity index (χ3v) is 5.25. The van der Waals surface area contributed by atoms with Crippen molar-refractivity contribution in [3.8, 4) is 17.2 Å². The zero-order valence-corrected chi connectivity index (χ0v) is 16.9. The quantitative estimate of drug-likeness (QED) is 0.666. The summed E-state index contributed by atoms with van der Waals surface area (Å²) in [6.07, 6.45) is -2.44. The number of ether oxygens (including phenoxy) is 2. The van der Waals surface area contributed by atoms with Crippen LogP contribution in [0.4, 0.5) is 13.2 Å². The van der Waals surface area contributed by atoms with Crippen molar-refractivity contribution in [1.82, 2.24) is 4.57 Å². The van der Waals surface area contributed by atoms with Gasteiger partial charge >= 0.3 is 6.18 Å². The molecular formula is C23H24F3N2O2+. The first-order chi connectivity index (χ1) is 14.4. The number of hydrogen-bond acceptors (Lipinski definition) is 2. The van der Waals surface area contributed by atoms with Gasteiger partial charge in [0.25, 0.3) is 0 Å². The molecule has 1 aliphatic rings. The summed E-state index contributed by atoms with van der Waals surface area (Å²) < 4.78 is 53.3. The van der Waals surface area contributed by atoms with Crippen LogP contribution in [-0.2, 0) is 12.7 Å². The topological polar surface area (TPSA) is 40.0 Å². The third-order valence-electron chi connectivity index (χ3n) is 5.25. The molecule has 30 heavy (non-hydrogen) atoms. The summed E-state index contributed by atoms with van der Waals surface area (Å²) in [5, 5.41) is 2.06. The third kappa shape index (κ3) is 3.77. The van der Waals surface area contributed by atoms with Crippen LogP contribution in [0.2, 0.25) is 0 Å².